The quantitative estimate of drug-likeness (QED) is 0.516. The molecule has 0 saturated carbocycles. The van der Waals surface area contributed by atoms with Crippen LogP contribution in [0.1, 0.15) is 5.56 Å². The Balaban J connectivity index is 2.05. The molecule has 0 unspecified atom stereocenters. The lowest BCUT2D eigenvalue weighted by molar-refractivity contribution is -0.385. The van der Waals surface area contributed by atoms with E-state index in [-0.39, 0.29) is 11.5 Å². The van der Waals surface area contributed by atoms with Gasteiger partial charge >= 0.3 is 0 Å². The summed E-state index contributed by atoms with van der Waals surface area (Å²) in [5.74, 6) is -0.305. The van der Waals surface area contributed by atoms with E-state index in [0.717, 1.165) is 16.5 Å². The van der Waals surface area contributed by atoms with Crippen LogP contribution >= 0.6 is 15.9 Å². The van der Waals surface area contributed by atoms with Gasteiger partial charge in [0.25, 0.3) is 5.69 Å². The summed E-state index contributed by atoms with van der Waals surface area (Å²) < 4.78 is 15.7. The minimum Gasteiger partial charge on any atom is -0.343 e. The highest BCUT2D eigenvalue weighted by Gasteiger charge is 2.15. The van der Waals surface area contributed by atoms with E-state index in [2.05, 4.69) is 15.9 Å². The van der Waals surface area contributed by atoms with Crippen LogP contribution in [0.4, 0.5) is 10.1 Å². The average molecular weight is 349 g/mol. The van der Waals surface area contributed by atoms with Crippen molar-refractivity contribution in [1.82, 2.24) is 4.57 Å². The monoisotopic (exact) mass is 348 g/mol. The van der Waals surface area contributed by atoms with Gasteiger partial charge in [-0.25, -0.2) is 4.39 Å². The standard InChI is InChI=1S/C15H10BrFN2O2/c16-15-11(2-1-3-13(15)19(20)21)9-18-7-6-10-4-5-12(17)8-14(10)18/h1-8H,9H2. The lowest BCUT2D eigenvalue weighted by atomic mass is 10.2. The predicted octanol–water partition coefficient (Wildman–Crippen LogP) is 4.50. The largest absolute Gasteiger partial charge is 0.343 e. The fourth-order valence-electron chi connectivity index (χ4n) is 2.31. The lowest BCUT2D eigenvalue weighted by Crippen LogP contribution is -2.01. The summed E-state index contributed by atoms with van der Waals surface area (Å²) in [7, 11) is 0. The van der Waals surface area contributed by atoms with Crippen molar-refractivity contribution >= 4 is 32.5 Å². The number of hydrogen-bond acceptors (Lipinski definition) is 2. The highest BCUT2D eigenvalue weighted by molar-refractivity contribution is 9.10. The Hall–Kier alpha value is -2.21. The van der Waals surface area contributed by atoms with E-state index in [4.69, 9.17) is 0 Å². The van der Waals surface area contributed by atoms with E-state index in [1.807, 2.05) is 22.9 Å². The van der Waals surface area contributed by atoms with Crippen molar-refractivity contribution in [2.24, 2.45) is 0 Å². The van der Waals surface area contributed by atoms with Gasteiger partial charge in [0, 0.05) is 18.8 Å². The van der Waals surface area contributed by atoms with Crippen molar-refractivity contribution in [1.29, 1.82) is 0 Å². The summed E-state index contributed by atoms with van der Waals surface area (Å²) in [5, 5.41) is 11.9. The molecule has 2 aromatic carbocycles. The number of fused-ring (bicyclic) bond motifs is 1. The third-order valence-electron chi connectivity index (χ3n) is 3.33. The Labute approximate surface area is 128 Å². The third kappa shape index (κ3) is 2.54. The molecule has 0 amide bonds. The zero-order valence-corrected chi connectivity index (χ0v) is 12.4. The third-order valence-corrected chi connectivity index (χ3v) is 4.25. The molecule has 0 aliphatic rings. The molecule has 0 radical (unpaired) electrons. The van der Waals surface area contributed by atoms with E-state index in [0.29, 0.717) is 11.0 Å². The van der Waals surface area contributed by atoms with E-state index >= 15 is 0 Å². The Morgan fingerprint density at radius 2 is 2.05 bits per heavy atom. The number of nitrogens with zero attached hydrogens (tertiary/aromatic N) is 2. The zero-order chi connectivity index (χ0) is 15.0. The molecular weight excluding hydrogens is 339 g/mol. The van der Waals surface area contributed by atoms with Crippen LogP contribution < -0.4 is 0 Å². The van der Waals surface area contributed by atoms with Crippen LogP contribution in [-0.2, 0) is 6.54 Å². The normalized spacial score (nSPS) is 11.0. The number of halogens is 2. The predicted molar refractivity (Wildman–Crippen MR) is 81.8 cm³/mol. The highest BCUT2D eigenvalue weighted by Crippen LogP contribution is 2.29. The van der Waals surface area contributed by atoms with Gasteiger partial charge in [0.05, 0.1) is 10.4 Å². The van der Waals surface area contributed by atoms with Crippen molar-refractivity contribution in [2.75, 3.05) is 0 Å². The highest BCUT2D eigenvalue weighted by atomic mass is 79.9. The number of hydrogen-bond donors (Lipinski definition) is 0. The van der Waals surface area contributed by atoms with Crippen LogP contribution in [0.25, 0.3) is 10.9 Å². The van der Waals surface area contributed by atoms with Crippen LogP contribution in [0.15, 0.2) is 53.1 Å². The topological polar surface area (TPSA) is 48.1 Å². The number of aromatic nitrogens is 1. The first-order valence-corrected chi connectivity index (χ1v) is 7.02. The second-order valence-electron chi connectivity index (χ2n) is 4.65. The Bertz CT molecular complexity index is 845. The molecule has 0 aliphatic heterocycles. The van der Waals surface area contributed by atoms with E-state index in [1.54, 1.807) is 12.1 Å². The molecule has 6 heteroatoms. The number of rotatable bonds is 3. The van der Waals surface area contributed by atoms with E-state index < -0.39 is 4.92 Å². The molecule has 0 atom stereocenters. The number of benzene rings is 2. The number of nitro benzene ring substituents is 1. The van der Waals surface area contributed by atoms with Gasteiger partial charge in [0.2, 0.25) is 0 Å². The van der Waals surface area contributed by atoms with Crippen molar-refractivity contribution in [3.63, 3.8) is 0 Å². The molecule has 0 fully saturated rings. The second kappa shape index (κ2) is 5.29. The summed E-state index contributed by atoms with van der Waals surface area (Å²) >= 11 is 3.28. The van der Waals surface area contributed by atoms with Crippen LogP contribution in [0.3, 0.4) is 0 Å². The van der Waals surface area contributed by atoms with Gasteiger partial charge < -0.3 is 4.57 Å². The van der Waals surface area contributed by atoms with Crippen LogP contribution in [0.5, 0.6) is 0 Å². The maximum absolute atomic E-state index is 13.4. The Morgan fingerprint density at radius 1 is 1.24 bits per heavy atom. The van der Waals surface area contributed by atoms with Crippen LogP contribution in [-0.4, -0.2) is 9.49 Å². The first-order valence-electron chi connectivity index (χ1n) is 6.22. The van der Waals surface area contributed by atoms with Gasteiger partial charge in [-0.1, -0.05) is 12.1 Å². The van der Waals surface area contributed by atoms with Crippen LogP contribution in [0, 0.1) is 15.9 Å². The fourth-order valence-corrected chi connectivity index (χ4v) is 2.84. The molecule has 3 rings (SSSR count). The van der Waals surface area contributed by atoms with Gasteiger partial charge in [0.1, 0.15) is 10.3 Å². The average Bonchev–Trinajstić information content (AvgIpc) is 2.83. The van der Waals surface area contributed by atoms with Gasteiger partial charge in [-0.05, 0) is 51.1 Å². The molecule has 1 heterocycles. The maximum atomic E-state index is 13.4. The molecule has 4 nitrogen and oxygen atoms in total. The van der Waals surface area contributed by atoms with Gasteiger partial charge in [-0.2, -0.15) is 0 Å². The first-order chi connectivity index (χ1) is 10.1. The molecular formula is C15H10BrFN2O2. The Morgan fingerprint density at radius 3 is 2.81 bits per heavy atom. The smallest absolute Gasteiger partial charge is 0.283 e. The molecule has 0 saturated heterocycles. The molecule has 0 bridgehead atoms. The summed E-state index contributed by atoms with van der Waals surface area (Å²) in [6.07, 6.45) is 1.84. The van der Waals surface area contributed by atoms with Gasteiger partial charge in [-0.3, -0.25) is 10.1 Å². The SMILES string of the molecule is O=[N+]([O-])c1cccc(Cn2ccc3ccc(F)cc32)c1Br. The lowest BCUT2D eigenvalue weighted by Gasteiger charge is -2.08. The number of nitro groups is 1. The zero-order valence-electron chi connectivity index (χ0n) is 10.8. The summed E-state index contributed by atoms with van der Waals surface area (Å²) in [6, 6.07) is 11.4. The molecule has 0 N–H and O–H groups in total. The fraction of sp³-hybridized carbons (Fsp3) is 0.0667. The maximum Gasteiger partial charge on any atom is 0.283 e. The van der Waals surface area contributed by atoms with Gasteiger partial charge in [0.15, 0.2) is 0 Å². The van der Waals surface area contributed by atoms with E-state index in [1.165, 1.54) is 18.2 Å². The van der Waals surface area contributed by atoms with Crippen molar-refractivity contribution in [3.05, 3.63) is 74.6 Å². The molecule has 106 valence electrons. The van der Waals surface area contributed by atoms with Crippen LogP contribution in [0.2, 0.25) is 0 Å². The molecule has 21 heavy (non-hydrogen) atoms. The second-order valence-corrected chi connectivity index (χ2v) is 5.45. The van der Waals surface area contributed by atoms with Gasteiger partial charge in [-0.15, -0.1) is 0 Å². The van der Waals surface area contributed by atoms with E-state index in [9.17, 15) is 14.5 Å². The van der Waals surface area contributed by atoms with Crippen molar-refractivity contribution in [3.8, 4) is 0 Å². The summed E-state index contributed by atoms with van der Waals surface area (Å²) in [5.41, 5.74) is 1.55. The molecule has 0 spiro atoms. The van der Waals surface area contributed by atoms with Crippen molar-refractivity contribution in [2.45, 2.75) is 6.54 Å². The molecule has 1 aromatic heterocycles. The minimum atomic E-state index is -0.430. The van der Waals surface area contributed by atoms with Crippen molar-refractivity contribution < 1.29 is 9.31 Å². The molecule has 0 aliphatic carbocycles. The summed E-state index contributed by atoms with van der Waals surface area (Å²) in [6.45, 7) is 0.426. The Kier molecular flexibility index (Phi) is 3.47. The minimum absolute atomic E-state index is 0.0233. The first kappa shape index (κ1) is 13.8. The summed E-state index contributed by atoms with van der Waals surface area (Å²) in [4.78, 5) is 10.5. The molecule has 3 aromatic rings.